The molecule has 110 valence electrons. The summed E-state index contributed by atoms with van der Waals surface area (Å²) in [6, 6.07) is 8.16. The lowest BCUT2D eigenvalue weighted by Crippen LogP contribution is -2.41. The van der Waals surface area contributed by atoms with E-state index in [1.807, 2.05) is 29.2 Å². The van der Waals surface area contributed by atoms with Crippen LogP contribution < -0.4 is 5.32 Å². The first-order valence-corrected chi connectivity index (χ1v) is 7.41. The van der Waals surface area contributed by atoms with Crippen LogP contribution in [0.3, 0.4) is 0 Å². The van der Waals surface area contributed by atoms with Crippen LogP contribution in [0.25, 0.3) is 0 Å². The number of hydrogen-bond donors (Lipinski definition) is 1. The number of anilines is 1. The van der Waals surface area contributed by atoms with Gasteiger partial charge in [-0.15, -0.1) is 0 Å². The first-order valence-electron chi connectivity index (χ1n) is 7.41. The van der Waals surface area contributed by atoms with Crippen molar-refractivity contribution >= 4 is 11.6 Å². The molecule has 1 saturated heterocycles. The molecule has 0 bridgehead atoms. The van der Waals surface area contributed by atoms with E-state index in [2.05, 4.69) is 31.2 Å². The molecule has 1 aliphatic heterocycles. The molecule has 4 nitrogen and oxygen atoms in total. The van der Waals surface area contributed by atoms with Gasteiger partial charge < -0.3 is 15.1 Å². The van der Waals surface area contributed by atoms with Crippen molar-refractivity contribution in [2.75, 3.05) is 39.0 Å². The molecule has 1 aromatic carbocycles. The third-order valence-electron chi connectivity index (χ3n) is 3.73. The van der Waals surface area contributed by atoms with E-state index in [4.69, 9.17) is 0 Å². The molecule has 0 radical (unpaired) electrons. The molecule has 0 aromatic heterocycles. The lowest BCUT2D eigenvalue weighted by atomic mass is 10.1. The molecule has 1 aliphatic rings. The molecule has 1 aromatic rings. The molecule has 0 saturated carbocycles. The van der Waals surface area contributed by atoms with Crippen LogP contribution in [0.1, 0.15) is 30.1 Å². The standard InChI is InChI=1S/C16H25N3O/c1-4-17-14-9-7-13(8-10-14)16(20)19-11-5-6-15(19)12-18(2)3/h7-10,15,17H,4-6,11-12H2,1-3H3. The van der Waals surface area contributed by atoms with Crippen LogP contribution in [0.5, 0.6) is 0 Å². The number of likely N-dealkylation sites (tertiary alicyclic amines) is 1. The fourth-order valence-electron chi connectivity index (χ4n) is 2.81. The first kappa shape index (κ1) is 14.9. The largest absolute Gasteiger partial charge is 0.385 e. The number of carbonyl (C=O) groups is 1. The fourth-order valence-corrected chi connectivity index (χ4v) is 2.81. The minimum Gasteiger partial charge on any atom is -0.385 e. The molecule has 1 atom stereocenters. The lowest BCUT2D eigenvalue weighted by molar-refractivity contribution is 0.0716. The Morgan fingerprint density at radius 2 is 2.05 bits per heavy atom. The van der Waals surface area contributed by atoms with Gasteiger partial charge in [0.25, 0.3) is 5.91 Å². The molecule has 1 N–H and O–H groups in total. The van der Waals surface area contributed by atoms with Crippen molar-refractivity contribution in [3.8, 4) is 0 Å². The zero-order chi connectivity index (χ0) is 14.5. The van der Waals surface area contributed by atoms with E-state index in [1.54, 1.807) is 0 Å². The monoisotopic (exact) mass is 275 g/mol. The van der Waals surface area contributed by atoms with E-state index in [-0.39, 0.29) is 5.91 Å². The van der Waals surface area contributed by atoms with Gasteiger partial charge in [-0.25, -0.2) is 0 Å². The van der Waals surface area contributed by atoms with E-state index in [1.165, 1.54) is 0 Å². The Kier molecular flexibility index (Phi) is 5.01. The number of amides is 1. The molecule has 2 rings (SSSR count). The van der Waals surface area contributed by atoms with Gasteiger partial charge in [-0.05, 0) is 58.1 Å². The van der Waals surface area contributed by atoms with E-state index in [0.29, 0.717) is 6.04 Å². The molecular weight excluding hydrogens is 250 g/mol. The molecule has 4 heteroatoms. The molecule has 1 amide bonds. The summed E-state index contributed by atoms with van der Waals surface area (Å²) in [4.78, 5) is 16.8. The quantitative estimate of drug-likeness (QED) is 0.895. The maximum Gasteiger partial charge on any atom is 0.254 e. The minimum absolute atomic E-state index is 0.164. The Morgan fingerprint density at radius 3 is 2.65 bits per heavy atom. The molecule has 0 spiro atoms. The average Bonchev–Trinajstić information content (AvgIpc) is 2.86. The van der Waals surface area contributed by atoms with E-state index < -0.39 is 0 Å². The van der Waals surface area contributed by atoms with Crippen LogP contribution in [0.2, 0.25) is 0 Å². The highest BCUT2D eigenvalue weighted by Crippen LogP contribution is 2.21. The summed E-state index contributed by atoms with van der Waals surface area (Å²) in [6.07, 6.45) is 2.22. The fraction of sp³-hybridized carbons (Fsp3) is 0.562. The lowest BCUT2D eigenvalue weighted by Gasteiger charge is -2.27. The third-order valence-corrected chi connectivity index (χ3v) is 3.73. The number of nitrogens with zero attached hydrogens (tertiary/aromatic N) is 2. The topological polar surface area (TPSA) is 35.6 Å². The van der Waals surface area contributed by atoms with Gasteiger partial charge in [-0.1, -0.05) is 0 Å². The SMILES string of the molecule is CCNc1ccc(C(=O)N2CCCC2CN(C)C)cc1. The van der Waals surface area contributed by atoms with E-state index in [0.717, 1.165) is 43.7 Å². The third kappa shape index (κ3) is 3.51. The summed E-state index contributed by atoms with van der Waals surface area (Å²) in [5.41, 5.74) is 1.85. The predicted octanol–water partition coefficient (Wildman–Crippen LogP) is 2.28. The van der Waals surface area contributed by atoms with Crippen molar-refractivity contribution in [3.63, 3.8) is 0 Å². The second-order valence-electron chi connectivity index (χ2n) is 5.66. The summed E-state index contributed by atoms with van der Waals surface area (Å²) >= 11 is 0. The summed E-state index contributed by atoms with van der Waals surface area (Å²) in [7, 11) is 4.12. The van der Waals surface area contributed by atoms with Crippen LogP contribution in [0, 0.1) is 0 Å². The van der Waals surface area contributed by atoms with E-state index >= 15 is 0 Å². The average molecular weight is 275 g/mol. The molecule has 1 unspecified atom stereocenters. The number of hydrogen-bond acceptors (Lipinski definition) is 3. The maximum absolute atomic E-state index is 12.6. The van der Waals surface area contributed by atoms with Crippen molar-refractivity contribution < 1.29 is 4.79 Å². The van der Waals surface area contributed by atoms with Crippen molar-refractivity contribution in [1.29, 1.82) is 0 Å². The number of nitrogens with one attached hydrogen (secondary N) is 1. The Balaban J connectivity index is 2.05. The van der Waals surface area contributed by atoms with Crippen LogP contribution in [-0.2, 0) is 0 Å². The van der Waals surface area contributed by atoms with Crippen molar-refractivity contribution in [1.82, 2.24) is 9.80 Å². The Hall–Kier alpha value is -1.55. The van der Waals surface area contributed by atoms with E-state index in [9.17, 15) is 4.79 Å². The maximum atomic E-state index is 12.6. The highest BCUT2D eigenvalue weighted by molar-refractivity contribution is 5.95. The second-order valence-corrected chi connectivity index (χ2v) is 5.66. The smallest absolute Gasteiger partial charge is 0.254 e. The van der Waals surface area contributed by atoms with Gasteiger partial charge in [-0.2, -0.15) is 0 Å². The number of rotatable bonds is 5. The summed E-state index contributed by atoms with van der Waals surface area (Å²) in [6.45, 7) is 4.78. The Bertz CT molecular complexity index is 442. The number of likely N-dealkylation sites (N-methyl/N-ethyl adjacent to an activating group) is 1. The van der Waals surface area contributed by atoms with Gasteiger partial charge in [-0.3, -0.25) is 4.79 Å². The van der Waals surface area contributed by atoms with Gasteiger partial charge in [0, 0.05) is 36.9 Å². The van der Waals surface area contributed by atoms with Crippen LogP contribution in [0.4, 0.5) is 5.69 Å². The normalized spacial score (nSPS) is 18.6. The van der Waals surface area contributed by atoms with Crippen LogP contribution >= 0.6 is 0 Å². The highest BCUT2D eigenvalue weighted by Gasteiger charge is 2.29. The Morgan fingerprint density at radius 1 is 1.35 bits per heavy atom. The zero-order valence-corrected chi connectivity index (χ0v) is 12.7. The van der Waals surface area contributed by atoms with Gasteiger partial charge in [0.2, 0.25) is 0 Å². The second kappa shape index (κ2) is 6.75. The molecule has 20 heavy (non-hydrogen) atoms. The van der Waals surface area contributed by atoms with Gasteiger partial charge in [0.1, 0.15) is 0 Å². The van der Waals surface area contributed by atoms with Gasteiger partial charge in [0.05, 0.1) is 0 Å². The molecular formula is C16H25N3O. The number of carbonyl (C=O) groups excluding carboxylic acids is 1. The summed E-state index contributed by atoms with van der Waals surface area (Å²) in [5, 5.41) is 3.25. The minimum atomic E-state index is 0.164. The summed E-state index contributed by atoms with van der Waals surface area (Å²) in [5.74, 6) is 0.164. The Labute approximate surface area is 121 Å². The van der Waals surface area contributed by atoms with Crippen LogP contribution in [-0.4, -0.2) is 55.5 Å². The van der Waals surface area contributed by atoms with Gasteiger partial charge in [0.15, 0.2) is 0 Å². The van der Waals surface area contributed by atoms with Crippen molar-refractivity contribution in [2.24, 2.45) is 0 Å². The summed E-state index contributed by atoms with van der Waals surface area (Å²) < 4.78 is 0. The van der Waals surface area contributed by atoms with Gasteiger partial charge >= 0.3 is 0 Å². The molecule has 1 heterocycles. The predicted molar refractivity (Wildman–Crippen MR) is 83.2 cm³/mol. The molecule has 0 aliphatic carbocycles. The zero-order valence-electron chi connectivity index (χ0n) is 12.7. The van der Waals surface area contributed by atoms with Crippen LogP contribution in [0.15, 0.2) is 24.3 Å². The highest BCUT2D eigenvalue weighted by atomic mass is 16.2. The van der Waals surface area contributed by atoms with Crippen molar-refractivity contribution in [2.45, 2.75) is 25.8 Å². The number of benzene rings is 1. The molecule has 1 fully saturated rings. The van der Waals surface area contributed by atoms with Crippen molar-refractivity contribution in [3.05, 3.63) is 29.8 Å². The first-order chi connectivity index (χ1) is 9.61.